The van der Waals surface area contributed by atoms with Gasteiger partial charge in [-0.25, -0.2) is 15.0 Å². The van der Waals surface area contributed by atoms with Gasteiger partial charge in [-0.2, -0.15) is 0 Å². The van der Waals surface area contributed by atoms with Gasteiger partial charge in [-0.05, 0) is 41.5 Å². The highest BCUT2D eigenvalue weighted by Crippen LogP contribution is 2.38. The van der Waals surface area contributed by atoms with Crippen molar-refractivity contribution in [2.24, 2.45) is 0 Å². The molecular formula is C29H18N4. The maximum Gasteiger partial charge on any atom is 0.162 e. The van der Waals surface area contributed by atoms with Crippen LogP contribution in [0.3, 0.4) is 0 Å². The van der Waals surface area contributed by atoms with Gasteiger partial charge in [-0.3, -0.25) is 0 Å². The summed E-state index contributed by atoms with van der Waals surface area (Å²) >= 11 is 0. The van der Waals surface area contributed by atoms with E-state index in [0.717, 1.165) is 61.0 Å². The summed E-state index contributed by atoms with van der Waals surface area (Å²) in [7, 11) is 0. The highest BCUT2D eigenvalue weighted by molar-refractivity contribution is 6.06. The Labute approximate surface area is 190 Å². The molecule has 0 atom stereocenters. The molecule has 0 saturated heterocycles. The average Bonchev–Trinajstić information content (AvgIpc) is 3.27. The van der Waals surface area contributed by atoms with Crippen LogP contribution in [0, 0.1) is 0 Å². The van der Waals surface area contributed by atoms with Gasteiger partial charge >= 0.3 is 0 Å². The van der Waals surface area contributed by atoms with E-state index in [1.807, 2.05) is 18.2 Å². The van der Waals surface area contributed by atoms with Crippen molar-refractivity contribution >= 4 is 32.8 Å². The predicted octanol–water partition coefficient (Wildman–Crippen LogP) is 6.89. The van der Waals surface area contributed by atoms with E-state index in [-0.39, 0.29) is 0 Å². The molecule has 33 heavy (non-hydrogen) atoms. The van der Waals surface area contributed by atoms with E-state index in [4.69, 9.17) is 9.97 Å². The van der Waals surface area contributed by atoms with Crippen molar-refractivity contribution in [3.8, 4) is 28.2 Å². The number of aromatic nitrogens is 4. The molecule has 0 aliphatic carbocycles. The van der Waals surface area contributed by atoms with Crippen molar-refractivity contribution in [3.63, 3.8) is 0 Å². The summed E-state index contributed by atoms with van der Waals surface area (Å²) in [6, 6.07) is 33.3. The van der Waals surface area contributed by atoms with Crippen molar-refractivity contribution in [1.29, 1.82) is 0 Å². The second kappa shape index (κ2) is 6.97. The van der Waals surface area contributed by atoms with Crippen molar-refractivity contribution in [1.82, 2.24) is 19.5 Å². The number of hydrogen-bond acceptors (Lipinski definition) is 3. The summed E-state index contributed by atoms with van der Waals surface area (Å²) in [5, 5.41) is 3.29. The van der Waals surface area contributed by atoms with Crippen molar-refractivity contribution in [2.75, 3.05) is 0 Å². The Hall–Kier alpha value is -4.57. The van der Waals surface area contributed by atoms with E-state index < -0.39 is 0 Å². The minimum Gasteiger partial charge on any atom is -0.300 e. The Kier molecular flexibility index (Phi) is 3.81. The lowest BCUT2D eigenvalue weighted by Crippen LogP contribution is -2.03. The van der Waals surface area contributed by atoms with Crippen LogP contribution in [0.15, 0.2) is 109 Å². The normalized spacial score (nSPS) is 11.6. The van der Waals surface area contributed by atoms with Crippen LogP contribution < -0.4 is 0 Å². The molecule has 4 nitrogen and oxygen atoms in total. The molecule has 0 spiro atoms. The third kappa shape index (κ3) is 2.74. The van der Waals surface area contributed by atoms with Crippen LogP contribution in [0.2, 0.25) is 0 Å². The molecule has 4 heterocycles. The number of rotatable bonds is 2. The number of benzene rings is 3. The van der Waals surface area contributed by atoms with Gasteiger partial charge in [0.15, 0.2) is 5.65 Å². The van der Waals surface area contributed by atoms with Crippen LogP contribution in [0.1, 0.15) is 0 Å². The molecule has 0 N–H and O–H groups in total. The van der Waals surface area contributed by atoms with E-state index >= 15 is 0 Å². The molecule has 2 aliphatic heterocycles. The lowest BCUT2D eigenvalue weighted by atomic mass is 10.0. The minimum atomic E-state index is 0.732. The predicted molar refractivity (Wildman–Crippen MR) is 134 cm³/mol. The Balaban J connectivity index is 1.61. The van der Waals surface area contributed by atoms with Gasteiger partial charge < -0.3 is 4.57 Å². The average molecular weight is 422 g/mol. The summed E-state index contributed by atoms with van der Waals surface area (Å²) in [5.41, 5.74) is 7.20. The largest absolute Gasteiger partial charge is 0.300 e. The van der Waals surface area contributed by atoms with Gasteiger partial charge in [0, 0.05) is 34.1 Å². The molecule has 0 fully saturated rings. The second-order valence-electron chi connectivity index (χ2n) is 8.18. The van der Waals surface area contributed by atoms with Crippen LogP contribution in [0.4, 0.5) is 0 Å². The Bertz CT molecular complexity index is 1770. The first-order chi connectivity index (χ1) is 16.4. The third-order valence-electron chi connectivity index (χ3n) is 6.26. The van der Waals surface area contributed by atoms with Crippen molar-refractivity contribution < 1.29 is 0 Å². The van der Waals surface area contributed by atoms with Crippen molar-refractivity contribution in [2.45, 2.75) is 0 Å². The van der Waals surface area contributed by atoms with E-state index in [2.05, 4.69) is 94.6 Å². The zero-order chi connectivity index (χ0) is 21.8. The third-order valence-corrected chi connectivity index (χ3v) is 6.26. The molecule has 154 valence electrons. The summed E-state index contributed by atoms with van der Waals surface area (Å²) in [4.78, 5) is 14.5. The highest BCUT2D eigenvalue weighted by Gasteiger charge is 2.19. The first kappa shape index (κ1) is 18.0. The molecule has 0 amide bonds. The van der Waals surface area contributed by atoms with E-state index in [1.54, 1.807) is 6.20 Å². The van der Waals surface area contributed by atoms with Crippen LogP contribution in [0.5, 0.6) is 0 Å². The van der Waals surface area contributed by atoms with Gasteiger partial charge in [-0.1, -0.05) is 66.7 Å². The number of para-hydroxylation sites is 2. The Morgan fingerprint density at radius 1 is 0.606 bits per heavy atom. The lowest BCUT2D eigenvalue weighted by Gasteiger charge is -2.16. The Morgan fingerprint density at radius 2 is 1.36 bits per heavy atom. The van der Waals surface area contributed by atoms with Gasteiger partial charge in [0.25, 0.3) is 0 Å². The smallest absolute Gasteiger partial charge is 0.162 e. The SMILES string of the molecule is c1ccc(-c2cc(-n3cc4c5ccccc5nc-4c4ccccc43)nc3ncccc23)cc1. The molecule has 0 saturated carbocycles. The summed E-state index contributed by atoms with van der Waals surface area (Å²) < 4.78 is 2.17. The minimum absolute atomic E-state index is 0.732. The molecule has 0 radical (unpaired) electrons. The molecule has 2 aliphatic rings. The van der Waals surface area contributed by atoms with Gasteiger partial charge in [0.1, 0.15) is 5.82 Å². The lowest BCUT2D eigenvalue weighted by molar-refractivity contribution is 1.04. The fourth-order valence-corrected chi connectivity index (χ4v) is 4.74. The molecule has 0 bridgehead atoms. The van der Waals surface area contributed by atoms with Gasteiger partial charge in [0.05, 0.1) is 16.7 Å². The Morgan fingerprint density at radius 3 is 2.27 bits per heavy atom. The fraction of sp³-hybridized carbons (Fsp3) is 0. The van der Waals surface area contributed by atoms with Crippen molar-refractivity contribution in [3.05, 3.63) is 109 Å². The number of pyridine rings is 3. The summed E-state index contributed by atoms with van der Waals surface area (Å²) in [5.74, 6) is 0.837. The van der Waals surface area contributed by atoms with E-state index in [9.17, 15) is 0 Å². The highest BCUT2D eigenvalue weighted by atomic mass is 15.1. The first-order valence-electron chi connectivity index (χ1n) is 11.0. The standard InChI is InChI=1S/C29H18N4/c1-2-9-19(10-3-1)23-17-27(32-29-21(23)13-8-16-30-29)33-18-24-20-11-4-6-14-25(20)31-28(24)22-12-5-7-15-26(22)33/h1-18H. The molecule has 7 rings (SSSR count). The number of nitrogens with zero attached hydrogens (tertiary/aromatic N) is 4. The maximum absolute atomic E-state index is 4.98. The number of fused-ring (bicyclic) bond motifs is 6. The molecule has 0 unspecified atom stereocenters. The number of hydrogen-bond donors (Lipinski definition) is 0. The molecular weight excluding hydrogens is 404 g/mol. The summed E-state index contributed by atoms with van der Waals surface area (Å²) in [6.07, 6.45) is 3.97. The van der Waals surface area contributed by atoms with E-state index in [0.29, 0.717) is 0 Å². The van der Waals surface area contributed by atoms with Crippen LogP contribution in [-0.2, 0) is 0 Å². The fourth-order valence-electron chi connectivity index (χ4n) is 4.74. The monoisotopic (exact) mass is 422 g/mol. The topological polar surface area (TPSA) is 43.6 Å². The molecule has 5 aromatic rings. The second-order valence-corrected chi connectivity index (χ2v) is 8.18. The quantitative estimate of drug-likeness (QED) is 0.305. The first-order valence-corrected chi connectivity index (χ1v) is 11.0. The molecule has 4 heteroatoms. The van der Waals surface area contributed by atoms with Crippen LogP contribution >= 0.6 is 0 Å². The van der Waals surface area contributed by atoms with Crippen LogP contribution in [0.25, 0.3) is 61.0 Å². The van der Waals surface area contributed by atoms with Crippen LogP contribution in [-0.4, -0.2) is 19.5 Å². The van der Waals surface area contributed by atoms with Gasteiger partial charge in [0.2, 0.25) is 0 Å². The zero-order valence-electron chi connectivity index (χ0n) is 17.7. The van der Waals surface area contributed by atoms with Gasteiger partial charge in [-0.15, -0.1) is 0 Å². The zero-order valence-corrected chi connectivity index (χ0v) is 17.7. The van der Waals surface area contributed by atoms with E-state index in [1.165, 1.54) is 0 Å². The summed E-state index contributed by atoms with van der Waals surface area (Å²) in [6.45, 7) is 0. The maximum atomic E-state index is 4.98. The molecule has 2 aromatic heterocycles. The molecule has 3 aromatic carbocycles.